The molecule has 30 heteroatoms. The Balaban J connectivity index is 1.27. The molecule has 2 heterocycles. The Bertz CT molecular complexity index is 2740. The van der Waals surface area contributed by atoms with Crippen molar-refractivity contribution in [2.24, 2.45) is 21.6 Å². The number of carbonyl (C=O) groups is 10. The summed E-state index contributed by atoms with van der Waals surface area (Å²) in [6.07, 6.45) is 1.88. The van der Waals surface area contributed by atoms with Crippen LogP contribution >= 0.6 is 0 Å². The van der Waals surface area contributed by atoms with Gasteiger partial charge in [-0.15, -0.1) is 0 Å². The summed E-state index contributed by atoms with van der Waals surface area (Å²) in [5, 5.41) is 35.4. The van der Waals surface area contributed by atoms with Gasteiger partial charge in [0.05, 0.1) is 44.4 Å². The normalized spacial score (nSPS) is 17.4. The lowest BCUT2D eigenvalue weighted by molar-refractivity contribution is -0.141. The van der Waals surface area contributed by atoms with Crippen molar-refractivity contribution in [2.75, 3.05) is 44.7 Å². The molecule has 3 aromatic rings. The van der Waals surface area contributed by atoms with Crippen molar-refractivity contribution >= 4 is 87.2 Å². The topological polar surface area (TPSA) is 455 Å². The molecular weight excluding hydrogens is 1020 g/mol. The third kappa shape index (κ3) is 21.6. The summed E-state index contributed by atoms with van der Waals surface area (Å²) in [6.45, 7) is -2.13. The number of nitrogens with two attached hydrogens (primary N) is 2. The summed E-state index contributed by atoms with van der Waals surface area (Å²) in [5.41, 5.74) is 14.1. The lowest BCUT2D eigenvalue weighted by Crippen LogP contribution is -2.58. The van der Waals surface area contributed by atoms with Crippen molar-refractivity contribution < 1.29 is 66.0 Å². The van der Waals surface area contributed by atoms with E-state index in [2.05, 4.69) is 68.4 Å². The summed E-state index contributed by atoms with van der Waals surface area (Å²) in [4.78, 5) is 137. The Labute approximate surface area is 434 Å². The van der Waals surface area contributed by atoms with Gasteiger partial charge >= 0.3 is 5.97 Å². The highest BCUT2D eigenvalue weighted by Crippen LogP contribution is 2.14. The number of aliphatic carboxylic acids is 1. The first-order valence-electron chi connectivity index (χ1n) is 23.4. The number of unbranched alkanes of at least 4 members (excludes halogenated alkanes) is 1. The number of benzene rings is 2. The van der Waals surface area contributed by atoms with Crippen LogP contribution < -0.4 is 64.7 Å². The number of aromatic nitrogens is 1. The van der Waals surface area contributed by atoms with Crippen LogP contribution in [0, 0.1) is 0 Å². The quantitative estimate of drug-likeness (QED) is 0.0133. The van der Waals surface area contributed by atoms with Crippen LogP contribution in [0.4, 0.5) is 5.82 Å². The average molecular weight is 1080 g/mol. The minimum Gasteiger partial charge on any atom is -0.481 e. The van der Waals surface area contributed by atoms with E-state index in [0.717, 1.165) is 6.21 Å². The number of guanidine groups is 1. The first kappa shape index (κ1) is 59.5. The maximum atomic E-state index is 14.0. The van der Waals surface area contributed by atoms with Crippen LogP contribution in [-0.2, 0) is 59.7 Å². The Kier molecular flexibility index (Phi) is 23.7. The van der Waals surface area contributed by atoms with E-state index < -0.39 is 126 Å². The summed E-state index contributed by atoms with van der Waals surface area (Å²) >= 11 is 0. The van der Waals surface area contributed by atoms with E-state index in [-0.39, 0.29) is 79.4 Å². The fourth-order valence-electron chi connectivity index (χ4n) is 6.93. The maximum absolute atomic E-state index is 14.0. The monoisotopic (exact) mass is 1080 g/mol. The number of pyridine rings is 1. The molecule has 4 atom stereocenters. The van der Waals surface area contributed by atoms with Crippen molar-refractivity contribution in [3.05, 3.63) is 89.6 Å². The Morgan fingerprint density at radius 3 is 1.93 bits per heavy atom. The Morgan fingerprint density at radius 1 is 0.697 bits per heavy atom. The summed E-state index contributed by atoms with van der Waals surface area (Å²) in [7, 11) is -4.49. The SMILES string of the molecule is NC(N)=NCCC[C@@H]1NC(=O)[C@H](CCCCNC(=O)CNC(=O)CNC(=O)CNC(=O)c2ccc(N/N=C/c3ccccc3S(=O)(=O)O)nc2)NC(=O)[C@@H](Cc2ccccc2)NC(=O)[C@H](CC(=O)O)NC(=O)CNC1=O. The fourth-order valence-corrected chi connectivity index (χ4v) is 7.60. The van der Waals surface area contributed by atoms with E-state index in [4.69, 9.17) is 11.5 Å². The number of hydrogen-bond acceptors (Lipinski definition) is 16. The number of hydrogen-bond donors (Lipinski definition) is 14. The number of amides is 9. The molecule has 1 saturated heterocycles. The fraction of sp³-hybridized carbons (Fsp3) is 0.370. The third-order valence-electron chi connectivity index (χ3n) is 10.7. The van der Waals surface area contributed by atoms with Crippen molar-refractivity contribution in [3.63, 3.8) is 0 Å². The molecule has 0 unspecified atom stereocenters. The second kappa shape index (κ2) is 30.2. The predicted octanol–water partition coefficient (Wildman–Crippen LogP) is -4.14. The number of carbonyl (C=O) groups excluding carboxylic acids is 9. The van der Waals surface area contributed by atoms with E-state index in [1.807, 2.05) is 0 Å². The molecule has 0 spiro atoms. The van der Waals surface area contributed by atoms with Crippen LogP contribution in [0.2, 0.25) is 0 Å². The van der Waals surface area contributed by atoms with Crippen LogP contribution in [0.5, 0.6) is 0 Å². The van der Waals surface area contributed by atoms with Gasteiger partial charge in [0.1, 0.15) is 34.9 Å². The first-order valence-corrected chi connectivity index (χ1v) is 24.8. The van der Waals surface area contributed by atoms with Gasteiger partial charge in [0.15, 0.2) is 5.96 Å². The highest BCUT2D eigenvalue weighted by Gasteiger charge is 2.33. The number of anilines is 1. The number of hydrazone groups is 1. The molecule has 1 fully saturated rings. The Hall–Kier alpha value is -9.06. The van der Waals surface area contributed by atoms with Gasteiger partial charge in [0, 0.05) is 31.3 Å². The van der Waals surface area contributed by atoms with Crippen molar-refractivity contribution in [2.45, 2.75) is 74.0 Å². The van der Waals surface area contributed by atoms with Crippen LogP contribution in [-0.4, -0.2) is 158 Å². The molecule has 1 aliphatic rings. The molecule has 0 saturated carbocycles. The minimum atomic E-state index is -4.49. The van der Waals surface area contributed by atoms with E-state index in [0.29, 0.717) is 5.56 Å². The smallest absolute Gasteiger partial charge is 0.305 e. The van der Waals surface area contributed by atoms with Gasteiger partial charge in [-0.3, -0.25) is 62.9 Å². The number of aliphatic imine (C=N–C) groups is 1. The van der Waals surface area contributed by atoms with Crippen LogP contribution in [0.3, 0.4) is 0 Å². The van der Waals surface area contributed by atoms with Gasteiger partial charge in [-0.25, -0.2) is 4.98 Å². The summed E-state index contributed by atoms with van der Waals surface area (Å²) in [5.74, 6) is -8.66. The van der Waals surface area contributed by atoms with Gasteiger partial charge in [0.2, 0.25) is 47.3 Å². The largest absolute Gasteiger partial charge is 0.481 e. The van der Waals surface area contributed by atoms with Crippen LogP contribution in [0.15, 0.2) is 87.9 Å². The second-order valence-corrected chi connectivity index (χ2v) is 18.0. The van der Waals surface area contributed by atoms with Crippen molar-refractivity contribution in [1.29, 1.82) is 0 Å². The molecule has 408 valence electrons. The van der Waals surface area contributed by atoms with Crippen LogP contribution in [0.25, 0.3) is 0 Å². The molecule has 76 heavy (non-hydrogen) atoms. The lowest BCUT2D eigenvalue weighted by Gasteiger charge is -2.26. The molecule has 0 aliphatic carbocycles. The second-order valence-electron chi connectivity index (χ2n) is 16.7. The molecule has 1 aliphatic heterocycles. The highest BCUT2D eigenvalue weighted by atomic mass is 32.2. The molecule has 4 rings (SSSR count). The average Bonchev–Trinajstić information content (AvgIpc) is 3.38. The zero-order chi connectivity index (χ0) is 55.6. The van der Waals surface area contributed by atoms with Gasteiger partial charge in [0.25, 0.3) is 16.0 Å². The third-order valence-corrected chi connectivity index (χ3v) is 11.7. The molecule has 0 radical (unpaired) electrons. The summed E-state index contributed by atoms with van der Waals surface area (Å²) in [6, 6.07) is 11.1. The number of nitrogens with one attached hydrogen (secondary N) is 10. The van der Waals surface area contributed by atoms with Gasteiger partial charge < -0.3 is 64.4 Å². The molecule has 16 N–H and O–H groups in total. The number of carboxylic acid groups (broad SMARTS) is 1. The standard InChI is InChI=1S/C46H59N15O14S/c47-46(48)50-18-8-13-30-42(69)55-26-39(65)57-33(20-40(66)67)45(72)60-32(19-27-9-2-1-3-10-27)44(71)59-31(43(70)58-30)12-6-7-17-49-36(62)23-52-37(63)24-53-38(64)25-54-41(68)29-15-16-35(51-21-29)61-56-22-28-11-4-5-14-34(28)76(73,74)75/h1-5,9-11,14-16,21-22,30-33H,6-8,12-13,17-20,23-26H2,(H,49,62)(H,51,61)(H,52,63)(H,53,64)(H,54,68)(H,55,69)(H,57,65)(H,58,70)(H,59,71)(H,60,72)(H,66,67)(H4,47,48,50)(H,73,74,75)/b56-22+/t30-,31-,32+,33-/m0/s1. The van der Waals surface area contributed by atoms with Crippen LogP contribution in [0.1, 0.15) is 60.0 Å². The van der Waals surface area contributed by atoms with E-state index in [9.17, 15) is 66.0 Å². The van der Waals surface area contributed by atoms with E-state index in [1.54, 1.807) is 36.4 Å². The van der Waals surface area contributed by atoms with Gasteiger partial charge in [-0.2, -0.15) is 13.5 Å². The van der Waals surface area contributed by atoms with E-state index >= 15 is 0 Å². The highest BCUT2D eigenvalue weighted by molar-refractivity contribution is 7.86. The maximum Gasteiger partial charge on any atom is 0.305 e. The number of carboxylic acids is 1. The first-order chi connectivity index (χ1) is 36.2. The zero-order valence-corrected chi connectivity index (χ0v) is 41.5. The molecule has 29 nitrogen and oxygen atoms in total. The molecule has 2 aromatic carbocycles. The lowest BCUT2D eigenvalue weighted by atomic mass is 10.0. The van der Waals surface area contributed by atoms with Crippen molar-refractivity contribution in [3.8, 4) is 0 Å². The zero-order valence-electron chi connectivity index (χ0n) is 40.7. The van der Waals surface area contributed by atoms with Gasteiger partial charge in [-0.1, -0.05) is 48.5 Å². The number of nitrogens with zero attached hydrogens (tertiary/aromatic N) is 3. The summed E-state index contributed by atoms with van der Waals surface area (Å²) < 4.78 is 32.5. The molecule has 0 bridgehead atoms. The van der Waals surface area contributed by atoms with E-state index in [1.165, 1.54) is 36.5 Å². The number of rotatable bonds is 24. The predicted molar refractivity (Wildman–Crippen MR) is 270 cm³/mol. The Morgan fingerprint density at radius 2 is 1.29 bits per heavy atom. The molecule has 1 aromatic heterocycles. The van der Waals surface area contributed by atoms with Gasteiger partial charge in [-0.05, 0) is 55.9 Å². The minimum absolute atomic E-state index is 0.0270. The molecule has 9 amide bonds. The molecular formula is C46H59N15O14S. The van der Waals surface area contributed by atoms with Crippen molar-refractivity contribution in [1.82, 2.24) is 52.8 Å².